The van der Waals surface area contributed by atoms with Crippen molar-refractivity contribution >= 4 is 11.8 Å². The van der Waals surface area contributed by atoms with Crippen molar-refractivity contribution in [3.05, 3.63) is 65.5 Å². The maximum absolute atomic E-state index is 12.7. The zero-order chi connectivity index (χ0) is 17.8. The summed E-state index contributed by atoms with van der Waals surface area (Å²) in [4.78, 5) is 30.5. The molecule has 2 amide bonds. The van der Waals surface area contributed by atoms with Gasteiger partial charge in [-0.2, -0.15) is 0 Å². The van der Waals surface area contributed by atoms with Crippen LogP contribution in [0, 0.1) is 6.92 Å². The zero-order valence-corrected chi connectivity index (χ0v) is 14.3. The summed E-state index contributed by atoms with van der Waals surface area (Å²) in [7, 11) is 1.70. The van der Waals surface area contributed by atoms with E-state index in [0.29, 0.717) is 6.54 Å². The van der Waals surface area contributed by atoms with Gasteiger partial charge < -0.3 is 15.0 Å². The van der Waals surface area contributed by atoms with Crippen molar-refractivity contribution in [1.82, 2.24) is 15.2 Å². The molecule has 1 fully saturated rings. The van der Waals surface area contributed by atoms with E-state index in [9.17, 15) is 9.59 Å². The van der Waals surface area contributed by atoms with Crippen LogP contribution in [0.4, 0.5) is 0 Å². The number of morpholine rings is 1. The number of aryl methyl sites for hydroxylation is 1. The number of hydrogen-bond donors (Lipinski definition) is 1. The first kappa shape index (κ1) is 17.1. The van der Waals surface area contributed by atoms with E-state index in [-0.39, 0.29) is 18.4 Å². The van der Waals surface area contributed by atoms with Gasteiger partial charge in [0.05, 0.1) is 18.3 Å². The smallest absolute Gasteiger partial charge is 0.252 e. The number of carbonyl (C=O) groups is 2. The van der Waals surface area contributed by atoms with Crippen molar-refractivity contribution in [2.24, 2.45) is 0 Å². The first-order valence-corrected chi connectivity index (χ1v) is 8.17. The van der Waals surface area contributed by atoms with Crippen LogP contribution < -0.4 is 5.32 Å². The third-order valence-corrected chi connectivity index (χ3v) is 4.33. The molecule has 0 aliphatic carbocycles. The van der Waals surface area contributed by atoms with E-state index in [0.717, 1.165) is 16.8 Å². The van der Waals surface area contributed by atoms with Gasteiger partial charge >= 0.3 is 0 Å². The topological polar surface area (TPSA) is 71.5 Å². The average Bonchev–Trinajstić information content (AvgIpc) is 2.63. The van der Waals surface area contributed by atoms with Crippen LogP contribution >= 0.6 is 0 Å². The summed E-state index contributed by atoms with van der Waals surface area (Å²) in [5.41, 5.74) is 2.76. The molecule has 1 aliphatic heterocycles. The van der Waals surface area contributed by atoms with Gasteiger partial charge in [-0.25, -0.2) is 0 Å². The number of rotatable bonds is 4. The molecule has 0 unspecified atom stereocenters. The Labute approximate surface area is 146 Å². The molecule has 2 aromatic rings. The van der Waals surface area contributed by atoms with E-state index < -0.39 is 12.1 Å². The van der Waals surface area contributed by atoms with Gasteiger partial charge in [-0.15, -0.1) is 0 Å². The maximum Gasteiger partial charge on any atom is 0.252 e. The van der Waals surface area contributed by atoms with E-state index in [2.05, 4.69) is 10.3 Å². The Morgan fingerprint density at radius 3 is 2.72 bits per heavy atom. The number of hydrogen-bond acceptors (Lipinski definition) is 4. The summed E-state index contributed by atoms with van der Waals surface area (Å²) in [6.45, 7) is 2.21. The van der Waals surface area contributed by atoms with Crippen molar-refractivity contribution in [1.29, 1.82) is 0 Å². The number of carbonyl (C=O) groups excluding carboxylic acids is 2. The van der Waals surface area contributed by atoms with Crippen molar-refractivity contribution in [3.63, 3.8) is 0 Å². The molecule has 0 saturated carbocycles. The second kappa shape index (κ2) is 7.44. The molecule has 0 radical (unpaired) electrons. The SMILES string of the molecule is Cc1ccc([C@@H]2[C@@H](C(=O)NCc3ccccn3)OCC(=O)N2C)cc1. The predicted molar refractivity (Wildman–Crippen MR) is 92.5 cm³/mol. The van der Waals surface area contributed by atoms with Crippen LogP contribution in [0.3, 0.4) is 0 Å². The van der Waals surface area contributed by atoms with Crippen LogP contribution in [-0.2, 0) is 20.9 Å². The normalized spacial score (nSPS) is 20.4. The highest BCUT2D eigenvalue weighted by Gasteiger charge is 2.39. The monoisotopic (exact) mass is 339 g/mol. The molecule has 1 saturated heterocycles. The van der Waals surface area contributed by atoms with Gasteiger partial charge in [0.2, 0.25) is 5.91 Å². The van der Waals surface area contributed by atoms with Crippen LogP contribution in [-0.4, -0.2) is 41.5 Å². The first-order valence-electron chi connectivity index (χ1n) is 8.17. The van der Waals surface area contributed by atoms with Crippen molar-refractivity contribution < 1.29 is 14.3 Å². The lowest BCUT2D eigenvalue weighted by atomic mass is 9.96. The highest BCUT2D eigenvalue weighted by Crippen LogP contribution is 2.29. The van der Waals surface area contributed by atoms with Crippen LogP contribution in [0.25, 0.3) is 0 Å². The van der Waals surface area contributed by atoms with E-state index >= 15 is 0 Å². The molecular weight excluding hydrogens is 318 g/mol. The molecule has 2 heterocycles. The Kier molecular flexibility index (Phi) is 5.09. The summed E-state index contributed by atoms with van der Waals surface area (Å²) < 4.78 is 5.58. The highest BCUT2D eigenvalue weighted by molar-refractivity contribution is 5.86. The lowest BCUT2D eigenvalue weighted by molar-refractivity contribution is -0.162. The predicted octanol–water partition coefficient (Wildman–Crippen LogP) is 1.60. The molecule has 2 atom stereocenters. The van der Waals surface area contributed by atoms with Gasteiger partial charge in [0.1, 0.15) is 6.61 Å². The third-order valence-electron chi connectivity index (χ3n) is 4.33. The fourth-order valence-electron chi connectivity index (χ4n) is 2.87. The fraction of sp³-hybridized carbons (Fsp3) is 0.316. The van der Waals surface area contributed by atoms with E-state index in [1.165, 1.54) is 0 Å². The lowest BCUT2D eigenvalue weighted by Crippen LogP contribution is -2.52. The number of amides is 2. The fourth-order valence-corrected chi connectivity index (χ4v) is 2.87. The minimum Gasteiger partial charge on any atom is -0.356 e. The molecule has 6 nitrogen and oxygen atoms in total. The molecule has 0 spiro atoms. The van der Waals surface area contributed by atoms with Crippen molar-refractivity contribution in [2.75, 3.05) is 13.7 Å². The molecule has 1 aliphatic rings. The molecule has 130 valence electrons. The molecule has 25 heavy (non-hydrogen) atoms. The summed E-state index contributed by atoms with van der Waals surface area (Å²) in [5.74, 6) is -0.394. The number of benzene rings is 1. The second-order valence-corrected chi connectivity index (χ2v) is 6.13. The zero-order valence-electron chi connectivity index (χ0n) is 14.3. The van der Waals surface area contributed by atoms with E-state index in [4.69, 9.17) is 4.74 Å². The van der Waals surface area contributed by atoms with Gasteiger partial charge in [-0.05, 0) is 24.6 Å². The lowest BCUT2D eigenvalue weighted by Gasteiger charge is -2.38. The summed E-state index contributed by atoms with van der Waals surface area (Å²) in [5, 5.41) is 2.85. The molecule has 3 rings (SSSR count). The Hall–Kier alpha value is -2.73. The molecule has 1 aromatic carbocycles. The van der Waals surface area contributed by atoms with Crippen LogP contribution in [0.15, 0.2) is 48.7 Å². The average molecular weight is 339 g/mol. The maximum atomic E-state index is 12.7. The van der Waals surface area contributed by atoms with Crippen molar-refractivity contribution in [2.45, 2.75) is 25.6 Å². The van der Waals surface area contributed by atoms with Crippen LogP contribution in [0.1, 0.15) is 22.9 Å². The summed E-state index contributed by atoms with van der Waals surface area (Å²) in [6.07, 6.45) is 0.925. The van der Waals surface area contributed by atoms with Gasteiger partial charge in [0.15, 0.2) is 6.10 Å². The molecule has 6 heteroatoms. The Bertz CT molecular complexity index is 746. The number of pyridine rings is 1. The Morgan fingerprint density at radius 2 is 2.04 bits per heavy atom. The Morgan fingerprint density at radius 1 is 1.28 bits per heavy atom. The summed E-state index contributed by atoms with van der Waals surface area (Å²) in [6, 6.07) is 12.9. The molecule has 1 N–H and O–H groups in total. The Balaban J connectivity index is 1.78. The number of aromatic nitrogens is 1. The molecule has 1 aromatic heterocycles. The number of ether oxygens (including phenoxy) is 1. The van der Waals surface area contributed by atoms with E-state index in [1.807, 2.05) is 49.4 Å². The van der Waals surface area contributed by atoms with Crippen LogP contribution in [0.2, 0.25) is 0 Å². The first-order chi connectivity index (χ1) is 12.1. The largest absolute Gasteiger partial charge is 0.356 e. The summed E-state index contributed by atoms with van der Waals surface area (Å²) >= 11 is 0. The standard InChI is InChI=1S/C19H21N3O3/c1-13-6-8-14(9-7-13)17-18(25-12-16(23)22(17)2)19(24)21-11-15-5-3-4-10-20-15/h3-10,17-18H,11-12H2,1-2H3,(H,21,24)/t17-,18+/m1/s1. The minimum atomic E-state index is -0.755. The number of likely N-dealkylation sites (N-methyl/N-ethyl adjacent to an activating group) is 1. The van der Waals surface area contributed by atoms with Gasteiger partial charge in [0, 0.05) is 13.2 Å². The van der Waals surface area contributed by atoms with Gasteiger partial charge in [-0.1, -0.05) is 35.9 Å². The van der Waals surface area contributed by atoms with E-state index in [1.54, 1.807) is 18.1 Å². The number of nitrogens with one attached hydrogen (secondary N) is 1. The number of nitrogens with zero attached hydrogens (tertiary/aromatic N) is 2. The van der Waals surface area contributed by atoms with Gasteiger partial charge in [-0.3, -0.25) is 14.6 Å². The molecular formula is C19H21N3O3. The van der Waals surface area contributed by atoms with Crippen molar-refractivity contribution in [3.8, 4) is 0 Å². The second-order valence-electron chi connectivity index (χ2n) is 6.13. The van der Waals surface area contributed by atoms with Crippen LogP contribution in [0.5, 0.6) is 0 Å². The van der Waals surface area contributed by atoms with Gasteiger partial charge in [0.25, 0.3) is 5.91 Å². The minimum absolute atomic E-state index is 0.0967. The quantitative estimate of drug-likeness (QED) is 0.918. The molecule has 0 bridgehead atoms. The highest BCUT2D eigenvalue weighted by atomic mass is 16.5. The third kappa shape index (κ3) is 3.85.